The molecular formula is C15H19F3N4O2. The molecule has 2 amide bonds. The number of alkyl halides is 3. The normalized spacial score (nSPS) is 18.3. The Balaban J connectivity index is 1.89. The fourth-order valence-electron chi connectivity index (χ4n) is 2.64. The van der Waals surface area contributed by atoms with Crippen LogP contribution in [0.3, 0.4) is 0 Å². The number of aryl methyl sites for hydroxylation is 1. The van der Waals surface area contributed by atoms with Crippen LogP contribution in [0.15, 0.2) is 18.2 Å². The second kappa shape index (κ2) is 7.16. The molecule has 0 saturated carbocycles. The quantitative estimate of drug-likeness (QED) is 0.877. The van der Waals surface area contributed by atoms with Gasteiger partial charge in [0.2, 0.25) is 11.8 Å². The number of aromatic nitrogens is 1. The molecule has 1 unspecified atom stereocenters. The van der Waals surface area contributed by atoms with Crippen LogP contribution in [0.1, 0.15) is 12.1 Å². The van der Waals surface area contributed by atoms with E-state index in [1.54, 1.807) is 32.2 Å². The Morgan fingerprint density at radius 3 is 2.79 bits per heavy atom. The van der Waals surface area contributed by atoms with Crippen molar-refractivity contribution in [3.8, 4) is 0 Å². The molecule has 132 valence electrons. The van der Waals surface area contributed by atoms with Gasteiger partial charge >= 0.3 is 6.18 Å². The lowest BCUT2D eigenvalue weighted by Crippen LogP contribution is -2.44. The summed E-state index contributed by atoms with van der Waals surface area (Å²) < 4.78 is 37.2. The third-order valence-corrected chi connectivity index (χ3v) is 3.72. The van der Waals surface area contributed by atoms with Gasteiger partial charge in [-0.05, 0) is 32.5 Å². The van der Waals surface area contributed by atoms with E-state index in [2.05, 4.69) is 10.3 Å². The maximum Gasteiger partial charge on any atom is 0.406 e. The van der Waals surface area contributed by atoms with Gasteiger partial charge in [0, 0.05) is 12.2 Å². The zero-order valence-electron chi connectivity index (χ0n) is 13.4. The van der Waals surface area contributed by atoms with E-state index in [1.807, 2.05) is 0 Å². The Morgan fingerprint density at radius 2 is 2.17 bits per heavy atom. The highest BCUT2D eigenvalue weighted by Gasteiger charge is 2.40. The van der Waals surface area contributed by atoms with E-state index in [1.165, 1.54) is 4.90 Å². The number of carbonyl (C=O) groups is 2. The Morgan fingerprint density at radius 1 is 1.46 bits per heavy atom. The first-order valence-electron chi connectivity index (χ1n) is 7.45. The van der Waals surface area contributed by atoms with Gasteiger partial charge in [0.1, 0.15) is 12.4 Å². The molecule has 24 heavy (non-hydrogen) atoms. The zero-order chi connectivity index (χ0) is 17.9. The number of likely N-dealkylation sites (N-methyl/N-ethyl adjacent to an activating group) is 1. The van der Waals surface area contributed by atoms with Crippen molar-refractivity contribution in [1.82, 2.24) is 14.8 Å². The maximum absolute atomic E-state index is 12.4. The van der Waals surface area contributed by atoms with Crippen LogP contribution in [-0.2, 0) is 9.59 Å². The second-order valence-corrected chi connectivity index (χ2v) is 5.81. The zero-order valence-corrected chi connectivity index (χ0v) is 13.4. The van der Waals surface area contributed by atoms with Crippen molar-refractivity contribution in [2.24, 2.45) is 0 Å². The highest BCUT2D eigenvalue weighted by Crippen LogP contribution is 2.22. The molecule has 9 heteroatoms. The second-order valence-electron chi connectivity index (χ2n) is 5.81. The molecule has 1 aliphatic heterocycles. The molecule has 0 spiro atoms. The Kier molecular flexibility index (Phi) is 5.43. The molecule has 1 fully saturated rings. The first-order valence-corrected chi connectivity index (χ1v) is 7.45. The van der Waals surface area contributed by atoms with Crippen LogP contribution in [0.25, 0.3) is 0 Å². The third-order valence-electron chi connectivity index (χ3n) is 3.72. The monoisotopic (exact) mass is 344 g/mol. The van der Waals surface area contributed by atoms with Crippen LogP contribution < -0.4 is 5.32 Å². The van der Waals surface area contributed by atoms with Crippen LogP contribution in [0, 0.1) is 6.92 Å². The van der Waals surface area contributed by atoms with Crippen LogP contribution in [0.4, 0.5) is 19.0 Å². The lowest BCUT2D eigenvalue weighted by Gasteiger charge is -2.23. The number of halogens is 3. The predicted molar refractivity (Wildman–Crippen MR) is 81.3 cm³/mol. The van der Waals surface area contributed by atoms with Gasteiger partial charge in [-0.2, -0.15) is 13.2 Å². The third kappa shape index (κ3) is 4.92. The van der Waals surface area contributed by atoms with Crippen molar-refractivity contribution in [3.05, 3.63) is 23.9 Å². The maximum atomic E-state index is 12.4. The van der Waals surface area contributed by atoms with Crippen molar-refractivity contribution < 1.29 is 22.8 Å². The molecule has 1 N–H and O–H groups in total. The minimum atomic E-state index is -4.42. The van der Waals surface area contributed by atoms with E-state index in [4.69, 9.17) is 0 Å². The number of amides is 2. The summed E-state index contributed by atoms with van der Waals surface area (Å²) >= 11 is 0. The number of carbonyl (C=O) groups excluding carboxylic acids is 2. The van der Waals surface area contributed by atoms with Crippen LogP contribution in [0.5, 0.6) is 0 Å². The van der Waals surface area contributed by atoms with Crippen LogP contribution in [0.2, 0.25) is 0 Å². The molecule has 2 rings (SSSR count). The number of hydrogen-bond acceptors (Lipinski definition) is 4. The van der Waals surface area contributed by atoms with Gasteiger partial charge in [0.15, 0.2) is 0 Å². The van der Waals surface area contributed by atoms with Gasteiger partial charge in [-0.3, -0.25) is 14.5 Å². The van der Waals surface area contributed by atoms with E-state index >= 15 is 0 Å². The summed E-state index contributed by atoms with van der Waals surface area (Å²) in [6.45, 7) is 0.462. The average molecular weight is 344 g/mol. The van der Waals surface area contributed by atoms with Gasteiger partial charge < -0.3 is 10.2 Å². The number of pyridine rings is 1. The lowest BCUT2D eigenvalue weighted by molar-refractivity contribution is -0.159. The lowest BCUT2D eigenvalue weighted by atomic mass is 10.2. The molecule has 1 aliphatic rings. The molecule has 0 bridgehead atoms. The standard InChI is InChI=1S/C15H19F3N4O2/c1-10-4-3-5-12(19-10)20-13(23)8-21(2)11-6-7-22(14(11)24)9-15(16,17)18/h3-5,11H,6-9H2,1-2H3,(H,19,20,23). The summed E-state index contributed by atoms with van der Waals surface area (Å²) in [5.74, 6) is -0.584. The van der Waals surface area contributed by atoms with Crippen molar-refractivity contribution in [3.63, 3.8) is 0 Å². The predicted octanol–water partition coefficient (Wildman–Crippen LogP) is 1.42. The first kappa shape index (κ1) is 18.2. The van der Waals surface area contributed by atoms with Crippen molar-refractivity contribution in [1.29, 1.82) is 0 Å². The minimum absolute atomic E-state index is 0.0361. The molecule has 6 nitrogen and oxygen atoms in total. The van der Waals surface area contributed by atoms with E-state index in [-0.39, 0.29) is 25.4 Å². The van der Waals surface area contributed by atoms with E-state index in [0.717, 1.165) is 10.6 Å². The van der Waals surface area contributed by atoms with Gasteiger partial charge in [-0.25, -0.2) is 4.98 Å². The molecule has 0 radical (unpaired) electrons. The fraction of sp³-hybridized carbons (Fsp3) is 0.533. The highest BCUT2D eigenvalue weighted by atomic mass is 19.4. The number of nitrogens with one attached hydrogen (secondary N) is 1. The topological polar surface area (TPSA) is 65.5 Å². The molecule has 1 saturated heterocycles. The van der Waals surface area contributed by atoms with Crippen molar-refractivity contribution in [2.75, 3.05) is 32.0 Å². The van der Waals surface area contributed by atoms with E-state index in [9.17, 15) is 22.8 Å². The molecule has 1 aromatic heterocycles. The van der Waals surface area contributed by atoms with Crippen molar-refractivity contribution in [2.45, 2.75) is 25.6 Å². The van der Waals surface area contributed by atoms with E-state index in [0.29, 0.717) is 5.82 Å². The number of likely N-dealkylation sites (tertiary alicyclic amines) is 1. The van der Waals surface area contributed by atoms with Crippen LogP contribution in [-0.4, -0.2) is 65.5 Å². The number of nitrogens with zero attached hydrogens (tertiary/aromatic N) is 3. The van der Waals surface area contributed by atoms with Gasteiger partial charge in [0.05, 0.1) is 12.6 Å². The number of hydrogen-bond donors (Lipinski definition) is 1. The molecular weight excluding hydrogens is 325 g/mol. The number of anilines is 1. The largest absolute Gasteiger partial charge is 0.406 e. The summed E-state index contributed by atoms with van der Waals surface area (Å²) in [6.07, 6.45) is -4.15. The van der Waals surface area contributed by atoms with Gasteiger partial charge in [-0.1, -0.05) is 6.07 Å². The smallest absolute Gasteiger partial charge is 0.332 e. The highest BCUT2D eigenvalue weighted by molar-refractivity contribution is 5.92. The average Bonchev–Trinajstić information content (AvgIpc) is 2.78. The molecule has 1 atom stereocenters. The number of rotatable bonds is 5. The Labute approximate surface area is 137 Å². The molecule has 1 aromatic rings. The Hall–Kier alpha value is -2.16. The molecule has 0 aromatic carbocycles. The SMILES string of the molecule is Cc1cccc(NC(=O)CN(C)C2CCN(CC(F)(F)F)C2=O)n1. The fourth-order valence-corrected chi connectivity index (χ4v) is 2.64. The van der Waals surface area contributed by atoms with Gasteiger partial charge in [0.25, 0.3) is 0 Å². The summed E-state index contributed by atoms with van der Waals surface area (Å²) in [5, 5.41) is 2.60. The summed E-state index contributed by atoms with van der Waals surface area (Å²) in [6, 6.07) is 4.45. The Bertz CT molecular complexity index is 621. The minimum Gasteiger partial charge on any atom is -0.332 e. The summed E-state index contributed by atoms with van der Waals surface area (Å²) in [7, 11) is 1.54. The molecule has 0 aliphatic carbocycles. The summed E-state index contributed by atoms with van der Waals surface area (Å²) in [4.78, 5) is 30.4. The van der Waals surface area contributed by atoms with Gasteiger partial charge in [-0.15, -0.1) is 0 Å². The van der Waals surface area contributed by atoms with E-state index < -0.39 is 24.7 Å². The summed E-state index contributed by atoms with van der Waals surface area (Å²) in [5.41, 5.74) is 0.745. The van der Waals surface area contributed by atoms with Crippen molar-refractivity contribution >= 4 is 17.6 Å². The molecule has 2 heterocycles. The van der Waals surface area contributed by atoms with Crippen LogP contribution >= 0.6 is 0 Å². The first-order chi connectivity index (χ1) is 11.2.